The fourth-order valence-corrected chi connectivity index (χ4v) is 1.79. The van der Waals surface area contributed by atoms with Gasteiger partial charge in [-0.3, -0.25) is 0 Å². The van der Waals surface area contributed by atoms with Gasteiger partial charge in [0.25, 0.3) is 0 Å². The summed E-state index contributed by atoms with van der Waals surface area (Å²) in [5, 5.41) is 18.5. The van der Waals surface area contributed by atoms with Crippen molar-refractivity contribution in [3.8, 4) is 0 Å². The van der Waals surface area contributed by atoms with Crippen LogP contribution in [-0.4, -0.2) is 23.4 Å². The molecule has 0 atom stereocenters. The van der Waals surface area contributed by atoms with Crippen LogP contribution in [0.25, 0.3) is 0 Å². The summed E-state index contributed by atoms with van der Waals surface area (Å²) in [7, 11) is -1.43. The second kappa shape index (κ2) is 4.19. The van der Waals surface area contributed by atoms with E-state index in [1.54, 1.807) is 18.2 Å². The van der Waals surface area contributed by atoms with Gasteiger partial charge < -0.3 is 10.0 Å². The van der Waals surface area contributed by atoms with Crippen LogP contribution in [0.2, 0.25) is 5.02 Å². The summed E-state index contributed by atoms with van der Waals surface area (Å²) < 4.78 is 0. The van der Waals surface area contributed by atoms with Gasteiger partial charge in [0, 0.05) is 9.92 Å². The molecule has 12 heavy (non-hydrogen) atoms. The van der Waals surface area contributed by atoms with Gasteiger partial charge in [-0.15, -0.1) is 11.8 Å². The second-order valence-corrected chi connectivity index (χ2v) is 3.54. The van der Waals surface area contributed by atoms with E-state index in [-0.39, 0.29) is 0 Å². The Kier molecular flexibility index (Phi) is 3.46. The molecule has 0 aromatic heterocycles. The van der Waals surface area contributed by atoms with E-state index in [1.807, 2.05) is 6.26 Å². The Morgan fingerprint density at radius 3 is 2.58 bits per heavy atom. The van der Waals surface area contributed by atoms with E-state index < -0.39 is 7.12 Å². The standard InChI is InChI=1S/C7H8BClO2S/c1-12-7-4-5(9)2-3-6(7)8(10)11/h2-4,10-11H,1H3. The third kappa shape index (κ3) is 2.17. The normalized spacial score (nSPS) is 10.0. The molecule has 0 bridgehead atoms. The van der Waals surface area contributed by atoms with Crippen molar-refractivity contribution in [1.29, 1.82) is 0 Å². The molecule has 0 amide bonds. The van der Waals surface area contributed by atoms with Crippen LogP contribution in [0, 0.1) is 0 Å². The van der Waals surface area contributed by atoms with Crippen molar-refractivity contribution in [3.63, 3.8) is 0 Å². The third-order valence-electron chi connectivity index (χ3n) is 1.47. The lowest BCUT2D eigenvalue weighted by molar-refractivity contribution is 0.425. The molecule has 1 rings (SSSR count). The molecule has 0 saturated heterocycles. The van der Waals surface area contributed by atoms with Gasteiger partial charge in [0.2, 0.25) is 0 Å². The van der Waals surface area contributed by atoms with E-state index in [1.165, 1.54) is 11.8 Å². The zero-order valence-electron chi connectivity index (χ0n) is 6.49. The molecule has 2 N–H and O–H groups in total. The molecule has 0 fully saturated rings. The largest absolute Gasteiger partial charge is 0.489 e. The van der Waals surface area contributed by atoms with Crippen LogP contribution in [0.5, 0.6) is 0 Å². The predicted molar refractivity (Wildman–Crippen MR) is 53.1 cm³/mol. The molecule has 0 saturated carbocycles. The topological polar surface area (TPSA) is 40.5 Å². The molecule has 0 spiro atoms. The molecule has 0 aliphatic heterocycles. The molecule has 0 radical (unpaired) electrons. The van der Waals surface area contributed by atoms with Gasteiger partial charge in [-0.25, -0.2) is 0 Å². The Hall–Kier alpha value is -0.155. The summed E-state index contributed by atoms with van der Waals surface area (Å²) in [6.07, 6.45) is 1.86. The molecule has 0 heterocycles. The zero-order chi connectivity index (χ0) is 9.14. The van der Waals surface area contributed by atoms with Crippen molar-refractivity contribution < 1.29 is 10.0 Å². The Morgan fingerprint density at radius 2 is 2.08 bits per heavy atom. The first-order valence-electron chi connectivity index (χ1n) is 3.34. The fourth-order valence-electron chi connectivity index (χ4n) is 0.898. The lowest BCUT2D eigenvalue weighted by atomic mass is 9.80. The van der Waals surface area contributed by atoms with E-state index in [4.69, 9.17) is 21.6 Å². The van der Waals surface area contributed by atoms with Gasteiger partial charge in [-0.05, 0) is 23.9 Å². The number of benzene rings is 1. The molecule has 0 aliphatic carbocycles. The smallest absolute Gasteiger partial charge is 0.423 e. The van der Waals surface area contributed by atoms with Crippen molar-refractivity contribution in [2.45, 2.75) is 4.90 Å². The Labute approximate surface area is 80.7 Å². The highest BCUT2D eigenvalue weighted by atomic mass is 35.5. The molecule has 2 nitrogen and oxygen atoms in total. The van der Waals surface area contributed by atoms with Gasteiger partial charge in [0.15, 0.2) is 0 Å². The van der Waals surface area contributed by atoms with E-state index in [0.29, 0.717) is 10.5 Å². The Bertz CT molecular complexity index is 280. The highest BCUT2D eigenvalue weighted by Gasteiger charge is 2.15. The molecule has 1 aromatic rings. The summed E-state index contributed by atoms with van der Waals surface area (Å²) in [5.41, 5.74) is 0.493. The van der Waals surface area contributed by atoms with E-state index >= 15 is 0 Å². The van der Waals surface area contributed by atoms with Crippen molar-refractivity contribution in [2.24, 2.45) is 0 Å². The van der Waals surface area contributed by atoms with Gasteiger partial charge in [0.1, 0.15) is 0 Å². The second-order valence-electron chi connectivity index (χ2n) is 2.26. The fraction of sp³-hybridized carbons (Fsp3) is 0.143. The first kappa shape index (κ1) is 9.93. The minimum Gasteiger partial charge on any atom is -0.423 e. The molecular formula is C7H8BClO2S. The van der Waals surface area contributed by atoms with Gasteiger partial charge in [-0.1, -0.05) is 17.7 Å². The van der Waals surface area contributed by atoms with Crippen LogP contribution in [0.1, 0.15) is 0 Å². The lowest BCUT2D eigenvalue weighted by Gasteiger charge is -2.05. The summed E-state index contributed by atoms with van der Waals surface area (Å²) in [4.78, 5) is 0.789. The molecule has 0 aliphatic rings. The maximum atomic E-state index is 8.93. The van der Waals surface area contributed by atoms with E-state index in [9.17, 15) is 0 Å². The molecule has 64 valence electrons. The summed E-state index contributed by atoms with van der Waals surface area (Å²) in [6, 6.07) is 4.95. The molecule has 1 aromatic carbocycles. The summed E-state index contributed by atoms with van der Waals surface area (Å²) >= 11 is 7.16. The van der Waals surface area contributed by atoms with Crippen LogP contribution in [0.15, 0.2) is 23.1 Å². The van der Waals surface area contributed by atoms with Crippen molar-refractivity contribution in [2.75, 3.05) is 6.26 Å². The van der Waals surface area contributed by atoms with Crippen LogP contribution in [-0.2, 0) is 0 Å². The van der Waals surface area contributed by atoms with Crippen molar-refractivity contribution in [3.05, 3.63) is 23.2 Å². The van der Waals surface area contributed by atoms with Crippen molar-refractivity contribution >= 4 is 35.9 Å². The highest BCUT2D eigenvalue weighted by molar-refractivity contribution is 7.98. The number of hydrogen-bond acceptors (Lipinski definition) is 3. The quantitative estimate of drug-likeness (QED) is 0.549. The van der Waals surface area contributed by atoms with Crippen LogP contribution < -0.4 is 5.46 Å². The van der Waals surface area contributed by atoms with Crippen LogP contribution >= 0.6 is 23.4 Å². The Balaban J connectivity index is 3.11. The average Bonchev–Trinajstić information content (AvgIpc) is 2.03. The predicted octanol–water partition coefficient (Wildman–Crippen LogP) is 0.742. The maximum Gasteiger partial charge on any atom is 0.489 e. The molecular weight excluding hydrogens is 194 g/mol. The van der Waals surface area contributed by atoms with Gasteiger partial charge in [0.05, 0.1) is 0 Å². The van der Waals surface area contributed by atoms with Crippen LogP contribution in [0.3, 0.4) is 0 Å². The third-order valence-corrected chi connectivity index (χ3v) is 2.50. The monoisotopic (exact) mass is 202 g/mol. The number of hydrogen-bond donors (Lipinski definition) is 2. The zero-order valence-corrected chi connectivity index (χ0v) is 8.06. The number of thioether (sulfide) groups is 1. The highest BCUT2D eigenvalue weighted by Crippen LogP contribution is 2.17. The Morgan fingerprint density at radius 1 is 1.42 bits per heavy atom. The van der Waals surface area contributed by atoms with Crippen molar-refractivity contribution in [1.82, 2.24) is 0 Å². The minimum atomic E-state index is -1.43. The molecule has 0 unspecified atom stereocenters. The maximum absolute atomic E-state index is 8.93. The lowest BCUT2D eigenvalue weighted by Crippen LogP contribution is -2.31. The van der Waals surface area contributed by atoms with Crippen LogP contribution in [0.4, 0.5) is 0 Å². The van der Waals surface area contributed by atoms with Gasteiger partial charge >= 0.3 is 7.12 Å². The number of halogens is 1. The average molecular weight is 202 g/mol. The first-order valence-corrected chi connectivity index (χ1v) is 4.95. The summed E-state index contributed by atoms with van der Waals surface area (Å²) in [5.74, 6) is 0. The van der Waals surface area contributed by atoms with Gasteiger partial charge in [-0.2, -0.15) is 0 Å². The summed E-state index contributed by atoms with van der Waals surface area (Å²) in [6.45, 7) is 0. The molecule has 5 heteroatoms. The SMILES string of the molecule is CSc1cc(Cl)ccc1B(O)O. The van der Waals surface area contributed by atoms with E-state index in [0.717, 1.165) is 4.90 Å². The first-order chi connectivity index (χ1) is 5.65. The minimum absolute atomic E-state index is 0.493. The number of rotatable bonds is 2. The van der Waals surface area contributed by atoms with E-state index in [2.05, 4.69) is 0 Å².